The van der Waals surface area contributed by atoms with Crippen LogP contribution in [0.15, 0.2) is 24.3 Å². The van der Waals surface area contributed by atoms with Crippen LogP contribution in [0.3, 0.4) is 0 Å². The summed E-state index contributed by atoms with van der Waals surface area (Å²) in [5.74, 6) is 0.718. The molecule has 2 N–H and O–H groups in total. The number of hydrogen-bond donors (Lipinski definition) is 2. The van der Waals surface area contributed by atoms with E-state index in [0.717, 1.165) is 47.6 Å². The van der Waals surface area contributed by atoms with Gasteiger partial charge in [0.05, 0.1) is 17.1 Å². The van der Waals surface area contributed by atoms with E-state index in [0.29, 0.717) is 18.8 Å². The molecule has 1 spiro atoms. The van der Waals surface area contributed by atoms with Crippen LogP contribution in [0.5, 0.6) is 0 Å². The quantitative estimate of drug-likeness (QED) is 0.695. The van der Waals surface area contributed by atoms with Crippen LogP contribution in [0, 0.1) is 5.92 Å². The van der Waals surface area contributed by atoms with Gasteiger partial charge in [0.25, 0.3) is 5.91 Å². The number of para-hydroxylation sites is 2. The van der Waals surface area contributed by atoms with E-state index in [1.807, 2.05) is 38.1 Å². The number of carbonyl (C=O) groups excluding carboxylic acids is 3. The molecule has 1 saturated carbocycles. The number of aromatic nitrogens is 2. The molecule has 2 fully saturated rings. The molecule has 1 atom stereocenters. The molecule has 31 heavy (non-hydrogen) atoms. The summed E-state index contributed by atoms with van der Waals surface area (Å²) in [6, 6.07) is 7.02. The Labute approximate surface area is 182 Å². The van der Waals surface area contributed by atoms with E-state index >= 15 is 0 Å². The number of amides is 4. The van der Waals surface area contributed by atoms with Crippen molar-refractivity contribution in [1.29, 1.82) is 0 Å². The van der Waals surface area contributed by atoms with Crippen LogP contribution < -0.4 is 10.6 Å². The molecule has 166 valence electrons. The third kappa shape index (κ3) is 3.79. The second kappa shape index (κ2) is 8.32. The molecule has 1 aromatic heterocycles. The van der Waals surface area contributed by atoms with E-state index in [1.54, 1.807) is 0 Å². The smallest absolute Gasteiger partial charge is 0.325 e. The molecule has 8 nitrogen and oxygen atoms in total. The second-order valence-electron chi connectivity index (χ2n) is 8.75. The summed E-state index contributed by atoms with van der Waals surface area (Å²) in [6.07, 6.45) is 4.22. The van der Waals surface area contributed by atoms with Gasteiger partial charge in [0, 0.05) is 6.54 Å². The Balaban J connectivity index is 1.43. The Morgan fingerprint density at radius 1 is 1.26 bits per heavy atom. The van der Waals surface area contributed by atoms with Gasteiger partial charge in [-0.3, -0.25) is 14.5 Å². The van der Waals surface area contributed by atoms with Gasteiger partial charge in [0.1, 0.15) is 17.9 Å². The van der Waals surface area contributed by atoms with Gasteiger partial charge in [-0.25, -0.2) is 9.78 Å². The van der Waals surface area contributed by atoms with Crippen molar-refractivity contribution in [3.8, 4) is 0 Å². The highest BCUT2D eigenvalue weighted by molar-refractivity contribution is 6.09. The highest BCUT2D eigenvalue weighted by Gasteiger charge is 2.52. The summed E-state index contributed by atoms with van der Waals surface area (Å²) in [5.41, 5.74) is 1.06. The van der Waals surface area contributed by atoms with Crippen LogP contribution in [0.2, 0.25) is 0 Å². The van der Waals surface area contributed by atoms with Crippen molar-refractivity contribution >= 4 is 28.9 Å². The summed E-state index contributed by atoms with van der Waals surface area (Å²) in [4.78, 5) is 44.0. The van der Waals surface area contributed by atoms with Gasteiger partial charge in [0.2, 0.25) is 5.91 Å². The van der Waals surface area contributed by atoms with Crippen LogP contribution in [0.25, 0.3) is 11.0 Å². The first-order valence-corrected chi connectivity index (χ1v) is 11.3. The Morgan fingerprint density at radius 3 is 2.65 bits per heavy atom. The standard InChI is InChI=1S/C23H31N5O3/c1-4-16-10-12-23(13-11-16)21(30)28(22(31)26-23)14-19(29)24-15(3)20-25-17-8-6-7-9-18(17)27(20)5-2/h6-9,15-16H,4-5,10-14H2,1-3H3,(H,24,29)(H,26,31). The maximum atomic E-state index is 13.0. The van der Waals surface area contributed by atoms with E-state index in [9.17, 15) is 14.4 Å². The molecular weight excluding hydrogens is 394 g/mol. The summed E-state index contributed by atoms with van der Waals surface area (Å²) in [6.45, 7) is 6.50. The molecule has 1 unspecified atom stereocenters. The van der Waals surface area contributed by atoms with Crippen molar-refractivity contribution in [2.24, 2.45) is 5.92 Å². The molecule has 1 aliphatic carbocycles. The number of nitrogens with one attached hydrogen (secondary N) is 2. The third-order valence-corrected chi connectivity index (χ3v) is 6.85. The molecule has 0 bridgehead atoms. The molecule has 8 heteroatoms. The molecule has 1 aliphatic heterocycles. The summed E-state index contributed by atoms with van der Waals surface area (Å²) in [5, 5.41) is 5.79. The first-order valence-electron chi connectivity index (χ1n) is 11.3. The minimum absolute atomic E-state index is 0.268. The summed E-state index contributed by atoms with van der Waals surface area (Å²) < 4.78 is 2.06. The molecule has 2 aromatic rings. The van der Waals surface area contributed by atoms with Crippen molar-refractivity contribution < 1.29 is 14.4 Å². The van der Waals surface area contributed by atoms with Crippen LogP contribution in [-0.2, 0) is 16.1 Å². The number of imidazole rings is 1. The molecule has 2 heterocycles. The summed E-state index contributed by atoms with van der Waals surface area (Å²) in [7, 11) is 0. The Morgan fingerprint density at radius 2 is 1.97 bits per heavy atom. The van der Waals surface area contributed by atoms with Crippen molar-refractivity contribution in [2.45, 2.75) is 71.0 Å². The number of imide groups is 1. The summed E-state index contributed by atoms with van der Waals surface area (Å²) >= 11 is 0. The first kappa shape index (κ1) is 21.3. The van der Waals surface area contributed by atoms with Crippen LogP contribution >= 0.6 is 0 Å². The van der Waals surface area contributed by atoms with E-state index in [2.05, 4.69) is 27.1 Å². The zero-order valence-corrected chi connectivity index (χ0v) is 18.5. The van der Waals surface area contributed by atoms with Crippen molar-refractivity contribution in [2.75, 3.05) is 6.54 Å². The lowest BCUT2D eigenvalue weighted by Gasteiger charge is -2.34. The predicted octanol–water partition coefficient (Wildman–Crippen LogP) is 3.12. The van der Waals surface area contributed by atoms with E-state index in [4.69, 9.17) is 0 Å². The van der Waals surface area contributed by atoms with Crippen molar-refractivity contribution in [1.82, 2.24) is 25.1 Å². The molecule has 1 saturated heterocycles. The Bertz CT molecular complexity index is 1010. The van der Waals surface area contributed by atoms with Gasteiger partial charge in [-0.15, -0.1) is 0 Å². The number of nitrogens with zero attached hydrogens (tertiary/aromatic N) is 3. The number of fused-ring (bicyclic) bond motifs is 1. The molecule has 2 aliphatic rings. The van der Waals surface area contributed by atoms with Gasteiger partial charge in [-0.05, 0) is 57.6 Å². The Hall–Kier alpha value is -2.90. The normalized spacial score (nSPS) is 24.6. The highest BCUT2D eigenvalue weighted by atomic mass is 16.2. The molecule has 1 aromatic carbocycles. The number of hydrogen-bond acceptors (Lipinski definition) is 4. The molecule has 0 radical (unpaired) electrons. The first-order chi connectivity index (χ1) is 14.9. The predicted molar refractivity (Wildman–Crippen MR) is 117 cm³/mol. The zero-order chi connectivity index (χ0) is 22.2. The fraction of sp³-hybridized carbons (Fsp3) is 0.565. The lowest BCUT2D eigenvalue weighted by atomic mass is 9.75. The van der Waals surface area contributed by atoms with Crippen molar-refractivity contribution in [3.63, 3.8) is 0 Å². The monoisotopic (exact) mass is 425 g/mol. The largest absolute Gasteiger partial charge is 0.345 e. The lowest BCUT2D eigenvalue weighted by molar-refractivity contribution is -0.136. The van der Waals surface area contributed by atoms with E-state index < -0.39 is 11.6 Å². The Kier molecular flexibility index (Phi) is 5.73. The van der Waals surface area contributed by atoms with Crippen LogP contribution in [-0.4, -0.2) is 44.4 Å². The van der Waals surface area contributed by atoms with Crippen LogP contribution in [0.1, 0.15) is 64.7 Å². The topological polar surface area (TPSA) is 96.3 Å². The van der Waals surface area contributed by atoms with E-state index in [1.165, 1.54) is 0 Å². The SMILES string of the molecule is CCC1CCC2(CC1)NC(=O)N(CC(=O)NC(C)c1nc3ccccc3n1CC)C2=O. The molecular formula is C23H31N5O3. The minimum Gasteiger partial charge on any atom is -0.345 e. The van der Waals surface area contributed by atoms with Crippen LogP contribution in [0.4, 0.5) is 4.79 Å². The maximum Gasteiger partial charge on any atom is 0.325 e. The minimum atomic E-state index is -0.829. The number of urea groups is 1. The third-order valence-electron chi connectivity index (χ3n) is 6.85. The fourth-order valence-corrected chi connectivity index (χ4v) is 4.99. The van der Waals surface area contributed by atoms with Gasteiger partial charge in [-0.2, -0.15) is 0 Å². The molecule has 4 rings (SSSR count). The fourth-order valence-electron chi connectivity index (χ4n) is 4.99. The highest BCUT2D eigenvalue weighted by Crippen LogP contribution is 2.37. The lowest BCUT2D eigenvalue weighted by Crippen LogP contribution is -2.50. The maximum absolute atomic E-state index is 13.0. The van der Waals surface area contributed by atoms with Gasteiger partial charge in [-0.1, -0.05) is 25.5 Å². The number of aryl methyl sites for hydroxylation is 1. The number of carbonyl (C=O) groups is 3. The zero-order valence-electron chi connectivity index (χ0n) is 18.5. The van der Waals surface area contributed by atoms with Crippen molar-refractivity contribution in [3.05, 3.63) is 30.1 Å². The number of benzene rings is 1. The van der Waals surface area contributed by atoms with Gasteiger partial charge in [0.15, 0.2) is 0 Å². The average Bonchev–Trinajstić information content (AvgIpc) is 3.25. The second-order valence-corrected chi connectivity index (χ2v) is 8.75. The van der Waals surface area contributed by atoms with Gasteiger partial charge >= 0.3 is 6.03 Å². The average molecular weight is 426 g/mol. The number of rotatable bonds is 6. The van der Waals surface area contributed by atoms with E-state index in [-0.39, 0.29) is 24.4 Å². The van der Waals surface area contributed by atoms with Gasteiger partial charge < -0.3 is 15.2 Å². The molecule has 4 amide bonds.